The number of aryl methyl sites for hydroxylation is 2. The van der Waals surface area contributed by atoms with Gasteiger partial charge in [-0.2, -0.15) is 0 Å². The highest BCUT2D eigenvalue weighted by Crippen LogP contribution is 2.18. The summed E-state index contributed by atoms with van der Waals surface area (Å²) in [5, 5.41) is 0. The fourth-order valence-electron chi connectivity index (χ4n) is 1.46. The second-order valence-electron chi connectivity index (χ2n) is 3.37. The number of halogens is 1. The summed E-state index contributed by atoms with van der Waals surface area (Å²) in [6.45, 7) is 6.34. The van der Waals surface area contributed by atoms with Crippen molar-refractivity contribution in [2.45, 2.75) is 33.2 Å². The highest BCUT2D eigenvalue weighted by atomic mass is 35.5. The number of benzene rings is 1. The number of nitrogens with two attached hydrogens (primary N) is 1. The zero-order valence-corrected chi connectivity index (χ0v) is 9.32. The Balaban J connectivity index is 0.00000144. The van der Waals surface area contributed by atoms with Crippen LogP contribution in [-0.2, 0) is 0 Å². The smallest absolute Gasteiger partial charge is 0.0294 e. The minimum atomic E-state index is 0. The maximum atomic E-state index is 5.95. The second-order valence-corrected chi connectivity index (χ2v) is 3.37. The van der Waals surface area contributed by atoms with Crippen LogP contribution >= 0.6 is 12.4 Å². The zero-order chi connectivity index (χ0) is 9.14. The molecular weight excluding hydrogens is 182 g/mol. The van der Waals surface area contributed by atoms with E-state index >= 15 is 0 Å². The fourth-order valence-corrected chi connectivity index (χ4v) is 1.46. The molecule has 0 amide bonds. The van der Waals surface area contributed by atoms with Crippen molar-refractivity contribution in [3.8, 4) is 0 Å². The van der Waals surface area contributed by atoms with E-state index in [1.807, 2.05) is 0 Å². The van der Waals surface area contributed by atoms with E-state index in [-0.39, 0.29) is 18.4 Å². The fraction of sp³-hybridized carbons (Fsp3) is 0.455. The van der Waals surface area contributed by atoms with Gasteiger partial charge in [-0.25, -0.2) is 0 Å². The first-order valence-corrected chi connectivity index (χ1v) is 4.48. The van der Waals surface area contributed by atoms with Gasteiger partial charge < -0.3 is 5.73 Å². The van der Waals surface area contributed by atoms with Crippen molar-refractivity contribution >= 4 is 12.4 Å². The first-order valence-electron chi connectivity index (χ1n) is 4.48. The second kappa shape index (κ2) is 5.25. The first kappa shape index (κ1) is 12.5. The lowest BCUT2D eigenvalue weighted by molar-refractivity contribution is 0.693. The summed E-state index contributed by atoms with van der Waals surface area (Å²) >= 11 is 0. The molecule has 2 N–H and O–H groups in total. The summed E-state index contributed by atoms with van der Waals surface area (Å²) in [6.07, 6.45) is 1.00. The topological polar surface area (TPSA) is 26.0 Å². The highest BCUT2D eigenvalue weighted by molar-refractivity contribution is 5.85. The van der Waals surface area contributed by atoms with Gasteiger partial charge in [0.15, 0.2) is 0 Å². The minimum absolute atomic E-state index is 0. The molecule has 13 heavy (non-hydrogen) atoms. The van der Waals surface area contributed by atoms with Crippen molar-refractivity contribution in [3.63, 3.8) is 0 Å². The molecule has 1 unspecified atom stereocenters. The van der Waals surface area contributed by atoms with Crippen LogP contribution in [0.3, 0.4) is 0 Å². The highest BCUT2D eigenvalue weighted by Gasteiger charge is 2.05. The predicted octanol–water partition coefficient (Wildman–Crippen LogP) is 3.14. The van der Waals surface area contributed by atoms with Gasteiger partial charge in [0.05, 0.1) is 0 Å². The predicted molar refractivity (Wildman–Crippen MR) is 60.4 cm³/mol. The van der Waals surface area contributed by atoms with Crippen LogP contribution < -0.4 is 5.73 Å². The van der Waals surface area contributed by atoms with Crippen LogP contribution in [0.2, 0.25) is 0 Å². The lowest BCUT2D eigenvalue weighted by Crippen LogP contribution is -2.10. The molecule has 0 aliphatic rings. The van der Waals surface area contributed by atoms with Crippen molar-refractivity contribution in [2.75, 3.05) is 0 Å². The molecule has 0 aliphatic carbocycles. The van der Waals surface area contributed by atoms with E-state index in [0.29, 0.717) is 0 Å². The molecule has 0 radical (unpaired) electrons. The van der Waals surface area contributed by atoms with Gasteiger partial charge in [0, 0.05) is 6.04 Å². The van der Waals surface area contributed by atoms with E-state index in [9.17, 15) is 0 Å². The lowest BCUT2D eigenvalue weighted by Gasteiger charge is -2.12. The van der Waals surface area contributed by atoms with Gasteiger partial charge in [-0.1, -0.05) is 30.7 Å². The molecule has 0 bridgehead atoms. The summed E-state index contributed by atoms with van der Waals surface area (Å²) in [5.74, 6) is 0. The molecule has 74 valence electrons. The van der Waals surface area contributed by atoms with E-state index in [4.69, 9.17) is 5.73 Å². The molecule has 0 saturated carbocycles. The average Bonchev–Trinajstić information content (AvgIpc) is 2.03. The number of hydrogen-bond donors (Lipinski definition) is 1. The first-order chi connectivity index (χ1) is 5.65. The molecule has 0 spiro atoms. The molecule has 1 aromatic carbocycles. The van der Waals surface area contributed by atoms with E-state index in [1.165, 1.54) is 16.7 Å². The Labute approximate surface area is 86.7 Å². The van der Waals surface area contributed by atoms with Gasteiger partial charge in [0.1, 0.15) is 0 Å². The molecule has 0 aliphatic heterocycles. The van der Waals surface area contributed by atoms with Crippen LogP contribution in [0.15, 0.2) is 18.2 Å². The third-order valence-corrected chi connectivity index (χ3v) is 2.26. The molecule has 1 rings (SSSR count). The molecule has 1 nitrogen and oxygen atoms in total. The van der Waals surface area contributed by atoms with Gasteiger partial charge >= 0.3 is 0 Å². The molecule has 0 saturated heterocycles. The lowest BCUT2D eigenvalue weighted by atomic mass is 9.98. The van der Waals surface area contributed by atoms with Crippen molar-refractivity contribution in [3.05, 3.63) is 34.9 Å². The largest absolute Gasteiger partial charge is 0.324 e. The standard InChI is InChI=1S/C11H17N.ClH/c1-4-11(12)10-6-5-8(2)7-9(10)3;/h5-7,11H,4,12H2,1-3H3;1H. The quantitative estimate of drug-likeness (QED) is 0.778. The monoisotopic (exact) mass is 199 g/mol. The van der Waals surface area contributed by atoms with E-state index in [2.05, 4.69) is 39.0 Å². The van der Waals surface area contributed by atoms with E-state index in [0.717, 1.165) is 6.42 Å². The Morgan fingerprint density at radius 3 is 2.38 bits per heavy atom. The number of rotatable bonds is 2. The Morgan fingerprint density at radius 2 is 1.92 bits per heavy atom. The van der Waals surface area contributed by atoms with Gasteiger partial charge in [0.25, 0.3) is 0 Å². The van der Waals surface area contributed by atoms with Crippen molar-refractivity contribution in [1.29, 1.82) is 0 Å². The maximum absolute atomic E-state index is 5.95. The van der Waals surface area contributed by atoms with Gasteiger partial charge in [-0.05, 0) is 31.4 Å². The average molecular weight is 200 g/mol. The number of hydrogen-bond acceptors (Lipinski definition) is 1. The van der Waals surface area contributed by atoms with Crippen LogP contribution in [0, 0.1) is 13.8 Å². The van der Waals surface area contributed by atoms with Gasteiger partial charge in [-0.15, -0.1) is 12.4 Å². The molecular formula is C11H18ClN. The summed E-state index contributed by atoms with van der Waals surface area (Å²) in [7, 11) is 0. The van der Waals surface area contributed by atoms with Crippen LogP contribution in [0.4, 0.5) is 0 Å². The Morgan fingerprint density at radius 1 is 1.31 bits per heavy atom. The molecule has 0 fully saturated rings. The zero-order valence-electron chi connectivity index (χ0n) is 8.50. The van der Waals surface area contributed by atoms with Crippen LogP contribution in [0.25, 0.3) is 0 Å². The summed E-state index contributed by atoms with van der Waals surface area (Å²) in [6, 6.07) is 6.65. The maximum Gasteiger partial charge on any atom is 0.0294 e. The Hall–Kier alpha value is -0.530. The Bertz CT molecular complexity index is 271. The van der Waals surface area contributed by atoms with Crippen molar-refractivity contribution < 1.29 is 0 Å². The molecule has 1 atom stereocenters. The summed E-state index contributed by atoms with van der Waals surface area (Å²) < 4.78 is 0. The molecule has 0 aromatic heterocycles. The van der Waals surface area contributed by atoms with Crippen LogP contribution in [0.5, 0.6) is 0 Å². The molecule has 0 heterocycles. The van der Waals surface area contributed by atoms with E-state index in [1.54, 1.807) is 0 Å². The third kappa shape index (κ3) is 3.02. The van der Waals surface area contributed by atoms with Gasteiger partial charge in [0.2, 0.25) is 0 Å². The normalized spacial score (nSPS) is 12.0. The van der Waals surface area contributed by atoms with Crippen LogP contribution in [-0.4, -0.2) is 0 Å². The molecule has 1 aromatic rings. The Kier molecular flexibility index (Phi) is 5.04. The van der Waals surface area contributed by atoms with Crippen molar-refractivity contribution in [1.82, 2.24) is 0 Å². The minimum Gasteiger partial charge on any atom is -0.324 e. The summed E-state index contributed by atoms with van der Waals surface area (Å²) in [4.78, 5) is 0. The molecule has 2 heteroatoms. The SMILES string of the molecule is CCC(N)c1ccc(C)cc1C.Cl. The third-order valence-electron chi connectivity index (χ3n) is 2.26. The van der Waals surface area contributed by atoms with Crippen LogP contribution in [0.1, 0.15) is 36.1 Å². The summed E-state index contributed by atoms with van der Waals surface area (Å²) in [5.41, 5.74) is 9.84. The van der Waals surface area contributed by atoms with E-state index < -0.39 is 0 Å². The van der Waals surface area contributed by atoms with Gasteiger partial charge in [-0.3, -0.25) is 0 Å². The van der Waals surface area contributed by atoms with Crippen molar-refractivity contribution in [2.24, 2.45) is 5.73 Å².